The highest BCUT2D eigenvalue weighted by atomic mass is 32.1. The summed E-state index contributed by atoms with van der Waals surface area (Å²) in [7, 11) is 1.88. The summed E-state index contributed by atoms with van der Waals surface area (Å²) in [5.74, 6) is 0.252. The second kappa shape index (κ2) is 7.41. The Balaban J connectivity index is 2.23. The molecule has 1 heterocycles. The topological polar surface area (TPSA) is 41.1 Å². The number of carbonyl (C=O) groups excluding carboxylic acids is 1. The van der Waals surface area contributed by atoms with Gasteiger partial charge >= 0.3 is 0 Å². The average molecular weight is 240 g/mol. The van der Waals surface area contributed by atoms with Gasteiger partial charge < -0.3 is 10.6 Å². The van der Waals surface area contributed by atoms with Crippen LogP contribution in [0.3, 0.4) is 0 Å². The third-order valence-electron chi connectivity index (χ3n) is 2.56. The molecular formula is C12H20N2OS. The van der Waals surface area contributed by atoms with Crippen LogP contribution in [0.4, 0.5) is 0 Å². The van der Waals surface area contributed by atoms with Gasteiger partial charge in [0.05, 0.1) is 5.92 Å². The van der Waals surface area contributed by atoms with Crippen molar-refractivity contribution < 1.29 is 4.79 Å². The van der Waals surface area contributed by atoms with E-state index in [1.807, 2.05) is 20.0 Å². The molecule has 1 amide bonds. The van der Waals surface area contributed by atoms with Gasteiger partial charge in [-0.3, -0.25) is 4.79 Å². The summed E-state index contributed by atoms with van der Waals surface area (Å²) < 4.78 is 0. The molecule has 0 aliphatic rings. The molecule has 0 radical (unpaired) electrons. The van der Waals surface area contributed by atoms with Gasteiger partial charge in [0, 0.05) is 18.0 Å². The van der Waals surface area contributed by atoms with E-state index in [1.54, 1.807) is 11.3 Å². The Morgan fingerprint density at radius 2 is 2.38 bits per heavy atom. The maximum absolute atomic E-state index is 11.7. The van der Waals surface area contributed by atoms with E-state index in [9.17, 15) is 4.79 Å². The van der Waals surface area contributed by atoms with E-state index < -0.39 is 0 Å². The van der Waals surface area contributed by atoms with Gasteiger partial charge in [0.2, 0.25) is 5.91 Å². The van der Waals surface area contributed by atoms with Gasteiger partial charge in [-0.2, -0.15) is 0 Å². The van der Waals surface area contributed by atoms with Crippen molar-refractivity contribution in [1.29, 1.82) is 0 Å². The van der Waals surface area contributed by atoms with Crippen molar-refractivity contribution >= 4 is 17.2 Å². The minimum absolute atomic E-state index is 0.0911. The number of thiophene rings is 1. The van der Waals surface area contributed by atoms with E-state index in [2.05, 4.69) is 22.1 Å². The summed E-state index contributed by atoms with van der Waals surface area (Å²) in [5.41, 5.74) is 0. The van der Waals surface area contributed by atoms with Crippen molar-refractivity contribution in [2.24, 2.45) is 5.92 Å². The molecule has 0 fully saturated rings. The molecule has 16 heavy (non-hydrogen) atoms. The van der Waals surface area contributed by atoms with Crippen molar-refractivity contribution in [3.8, 4) is 0 Å². The van der Waals surface area contributed by atoms with Crippen LogP contribution in [0, 0.1) is 5.92 Å². The molecule has 0 aromatic carbocycles. The minimum atomic E-state index is 0.0911. The molecule has 0 spiro atoms. The van der Waals surface area contributed by atoms with Crippen LogP contribution in [0.2, 0.25) is 0 Å². The Morgan fingerprint density at radius 3 is 2.94 bits per heavy atom. The van der Waals surface area contributed by atoms with E-state index in [0.717, 1.165) is 25.9 Å². The molecule has 1 aromatic rings. The fourth-order valence-electron chi connectivity index (χ4n) is 1.58. The Morgan fingerprint density at radius 1 is 1.56 bits per heavy atom. The Hall–Kier alpha value is -0.870. The van der Waals surface area contributed by atoms with Crippen LogP contribution >= 0.6 is 11.3 Å². The van der Waals surface area contributed by atoms with Crippen molar-refractivity contribution in [1.82, 2.24) is 10.6 Å². The molecule has 1 atom stereocenters. The maximum atomic E-state index is 11.7. The third kappa shape index (κ3) is 4.33. The molecule has 3 nitrogen and oxygen atoms in total. The summed E-state index contributed by atoms with van der Waals surface area (Å²) in [6.45, 7) is 3.53. The molecule has 0 bridgehead atoms. The van der Waals surface area contributed by atoms with Crippen LogP contribution < -0.4 is 10.6 Å². The first kappa shape index (κ1) is 13.2. The third-order valence-corrected chi connectivity index (χ3v) is 3.50. The highest BCUT2D eigenvalue weighted by Gasteiger charge is 2.14. The fraction of sp³-hybridized carbons (Fsp3) is 0.583. The van der Waals surface area contributed by atoms with Gasteiger partial charge in [-0.15, -0.1) is 11.3 Å². The quantitative estimate of drug-likeness (QED) is 0.761. The van der Waals surface area contributed by atoms with Gasteiger partial charge in [0.25, 0.3) is 0 Å². The summed E-state index contributed by atoms with van der Waals surface area (Å²) in [5, 5.41) is 8.09. The molecule has 1 rings (SSSR count). The standard InChI is InChI=1S/C12H20N2OS/c1-3-10(9-13-2)12(15)14-7-6-11-5-4-8-16-11/h4-5,8,10,13H,3,6-7,9H2,1-2H3,(H,14,15). The Bertz CT molecular complexity index is 298. The molecule has 90 valence electrons. The summed E-state index contributed by atoms with van der Waals surface area (Å²) in [6.07, 6.45) is 1.81. The lowest BCUT2D eigenvalue weighted by Crippen LogP contribution is -2.36. The van der Waals surface area contributed by atoms with Gasteiger partial charge in [-0.25, -0.2) is 0 Å². The molecule has 2 N–H and O–H groups in total. The number of nitrogens with one attached hydrogen (secondary N) is 2. The number of amides is 1. The molecule has 0 saturated carbocycles. The highest BCUT2D eigenvalue weighted by molar-refractivity contribution is 7.09. The van der Waals surface area contributed by atoms with Crippen molar-refractivity contribution in [3.63, 3.8) is 0 Å². The second-order valence-corrected chi connectivity index (χ2v) is 4.82. The first-order valence-corrected chi connectivity index (χ1v) is 6.60. The lowest BCUT2D eigenvalue weighted by atomic mass is 10.1. The molecule has 0 saturated heterocycles. The molecule has 0 aliphatic heterocycles. The summed E-state index contributed by atoms with van der Waals surface area (Å²) >= 11 is 1.74. The normalized spacial score (nSPS) is 12.4. The molecule has 1 unspecified atom stereocenters. The van der Waals surface area contributed by atoms with Gasteiger partial charge in [0.15, 0.2) is 0 Å². The fourth-order valence-corrected chi connectivity index (χ4v) is 2.29. The Kier molecular flexibility index (Phi) is 6.11. The predicted molar refractivity (Wildman–Crippen MR) is 68.7 cm³/mol. The van der Waals surface area contributed by atoms with Gasteiger partial charge in [-0.05, 0) is 31.3 Å². The van der Waals surface area contributed by atoms with E-state index in [0.29, 0.717) is 0 Å². The van der Waals surface area contributed by atoms with Crippen LogP contribution in [0.25, 0.3) is 0 Å². The van der Waals surface area contributed by atoms with Crippen molar-refractivity contribution in [2.75, 3.05) is 20.1 Å². The first-order valence-electron chi connectivity index (χ1n) is 5.72. The number of hydrogen-bond donors (Lipinski definition) is 2. The smallest absolute Gasteiger partial charge is 0.224 e. The molecule has 1 aromatic heterocycles. The molecule has 0 aliphatic carbocycles. The predicted octanol–water partition coefficient (Wildman–Crippen LogP) is 1.65. The number of carbonyl (C=O) groups is 1. The summed E-state index contributed by atoms with van der Waals surface area (Å²) in [4.78, 5) is 13.1. The van der Waals surface area contributed by atoms with Crippen molar-refractivity contribution in [2.45, 2.75) is 19.8 Å². The van der Waals surface area contributed by atoms with Crippen LogP contribution in [-0.4, -0.2) is 26.0 Å². The van der Waals surface area contributed by atoms with Gasteiger partial charge in [-0.1, -0.05) is 13.0 Å². The van der Waals surface area contributed by atoms with Crippen LogP contribution in [-0.2, 0) is 11.2 Å². The van der Waals surface area contributed by atoms with E-state index in [4.69, 9.17) is 0 Å². The SMILES string of the molecule is CCC(CNC)C(=O)NCCc1cccs1. The van der Waals surface area contributed by atoms with Crippen molar-refractivity contribution in [3.05, 3.63) is 22.4 Å². The minimum Gasteiger partial charge on any atom is -0.355 e. The van der Waals surface area contributed by atoms with Crippen LogP contribution in [0.1, 0.15) is 18.2 Å². The zero-order valence-corrected chi connectivity index (χ0v) is 10.8. The highest BCUT2D eigenvalue weighted by Crippen LogP contribution is 2.08. The van der Waals surface area contributed by atoms with Crippen LogP contribution in [0.15, 0.2) is 17.5 Å². The molecular weight excluding hydrogens is 220 g/mol. The lowest BCUT2D eigenvalue weighted by Gasteiger charge is -2.13. The monoisotopic (exact) mass is 240 g/mol. The maximum Gasteiger partial charge on any atom is 0.224 e. The van der Waals surface area contributed by atoms with E-state index in [1.165, 1.54) is 4.88 Å². The Labute approximate surface area is 101 Å². The zero-order valence-electron chi connectivity index (χ0n) is 9.95. The van der Waals surface area contributed by atoms with E-state index >= 15 is 0 Å². The lowest BCUT2D eigenvalue weighted by molar-refractivity contribution is -0.124. The van der Waals surface area contributed by atoms with Gasteiger partial charge in [0.1, 0.15) is 0 Å². The van der Waals surface area contributed by atoms with Crippen LogP contribution in [0.5, 0.6) is 0 Å². The summed E-state index contributed by atoms with van der Waals surface area (Å²) in [6, 6.07) is 4.14. The average Bonchev–Trinajstić information content (AvgIpc) is 2.78. The molecule has 4 heteroatoms. The largest absolute Gasteiger partial charge is 0.355 e. The zero-order chi connectivity index (χ0) is 11.8. The number of hydrogen-bond acceptors (Lipinski definition) is 3. The van der Waals surface area contributed by atoms with E-state index in [-0.39, 0.29) is 11.8 Å². The first-order chi connectivity index (χ1) is 7.77. The number of rotatable bonds is 7. The second-order valence-electron chi connectivity index (χ2n) is 3.78.